The van der Waals surface area contributed by atoms with E-state index < -0.39 is 34.9 Å². The van der Waals surface area contributed by atoms with E-state index in [9.17, 15) is 22.8 Å². The second-order valence-electron chi connectivity index (χ2n) is 2.36. The van der Waals surface area contributed by atoms with Crippen LogP contribution in [0.2, 0.25) is 0 Å². The van der Waals surface area contributed by atoms with Crippen LogP contribution < -0.4 is 5.56 Å². The molecule has 0 atom stereocenters. The largest absolute Gasteiger partial charge is 0.478 e. The number of aromatic amines is 1. The van der Waals surface area contributed by atoms with Gasteiger partial charge in [-0.15, -0.1) is 0 Å². The van der Waals surface area contributed by atoms with Crippen molar-refractivity contribution in [3.8, 4) is 0 Å². The van der Waals surface area contributed by atoms with Crippen molar-refractivity contribution in [3.05, 3.63) is 33.5 Å². The molecule has 0 saturated heterocycles. The highest BCUT2D eigenvalue weighted by molar-refractivity contribution is 5.87. The Morgan fingerprint density at radius 2 is 2.07 bits per heavy atom. The minimum Gasteiger partial charge on any atom is -0.478 e. The average Bonchev–Trinajstić information content (AvgIpc) is 2.02. The van der Waals surface area contributed by atoms with Gasteiger partial charge in [-0.05, 0) is 0 Å². The maximum Gasteiger partial charge on any atom is 0.340 e. The Balaban J connectivity index is 3.49. The van der Waals surface area contributed by atoms with Crippen LogP contribution in [0.3, 0.4) is 0 Å². The molecule has 4 nitrogen and oxygen atoms in total. The highest BCUT2D eigenvalue weighted by Gasteiger charge is 2.23. The molecule has 7 heteroatoms. The van der Waals surface area contributed by atoms with Gasteiger partial charge in [-0.3, -0.25) is 4.79 Å². The molecule has 1 heterocycles. The number of aromatic carboxylic acids is 1. The van der Waals surface area contributed by atoms with Gasteiger partial charge in [0.05, 0.1) is 0 Å². The van der Waals surface area contributed by atoms with E-state index in [1.54, 1.807) is 4.98 Å². The summed E-state index contributed by atoms with van der Waals surface area (Å²) in [6, 6.07) is 0. The minimum atomic E-state index is -3.35. The van der Waals surface area contributed by atoms with E-state index >= 15 is 0 Å². The lowest BCUT2D eigenvalue weighted by Gasteiger charge is -2.02. The molecule has 0 saturated carbocycles. The van der Waals surface area contributed by atoms with Gasteiger partial charge in [-0.25, -0.2) is 18.0 Å². The monoisotopic (exact) mass is 207 g/mol. The van der Waals surface area contributed by atoms with E-state index in [2.05, 4.69) is 0 Å². The molecule has 1 aromatic rings. The van der Waals surface area contributed by atoms with Crippen molar-refractivity contribution in [2.75, 3.05) is 0 Å². The van der Waals surface area contributed by atoms with Crippen LogP contribution in [0.15, 0.2) is 11.0 Å². The van der Waals surface area contributed by atoms with Gasteiger partial charge >= 0.3 is 5.97 Å². The average molecular weight is 207 g/mol. The molecule has 0 spiro atoms. The second-order valence-corrected chi connectivity index (χ2v) is 2.36. The van der Waals surface area contributed by atoms with Crippen molar-refractivity contribution in [2.45, 2.75) is 6.43 Å². The summed E-state index contributed by atoms with van der Waals surface area (Å²) in [4.78, 5) is 22.7. The molecule has 2 N–H and O–H groups in total. The summed E-state index contributed by atoms with van der Waals surface area (Å²) in [5.41, 5.74) is -3.77. The molecule has 0 aromatic carbocycles. The number of carboxylic acids is 1. The van der Waals surface area contributed by atoms with Gasteiger partial charge in [-0.2, -0.15) is 0 Å². The van der Waals surface area contributed by atoms with Crippen LogP contribution in [0.1, 0.15) is 22.3 Å². The maximum atomic E-state index is 13.0. The Kier molecular flexibility index (Phi) is 2.59. The van der Waals surface area contributed by atoms with Crippen molar-refractivity contribution >= 4 is 5.97 Å². The zero-order valence-electron chi connectivity index (χ0n) is 6.55. The number of carbonyl (C=O) groups is 1. The van der Waals surface area contributed by atoms with Crippen molar-refractivity contribution in [2.24, 2.45) is 0 Å². The molecular weight excluding hydrogens is 203 g/mol. The number of aromatic nitrogens is 1. The molecule has 0 aliphatic carbocycles. The van der Waals surface area contributed by atoms with Crippen molar-refractivity contribution in [1.29, 1.82) is 0 Å². The molecule has 14 heavy (non-hydrogen) atoms. The number of hydrogen-bond donors (Lipinski definition) is 2. The molecule has 1 aromatic heterocycles. The highest BCUT2D eigenvalue weighted by atomic mass is 19.3. The first-order chi connectivity index (χ1) is 6.45. The van der Waals surface area contributed by atoms with Crippen molar-refractivity contribution in [1.82, 2.24) is 4.98 Å². The van der Waals surface area contributed by atoms with Crippen molar-refractivity contribution in [3.63, 3.8) is 0 Å². The summed E-state index contributed by atoms with van der Waals surface area (Å²) in [6.45, 7) is 0. The molecular formula is C7H4F3NO3. The van der Waals surface area contributed by atoms with Crippen LogP contribution in [0.4, 0.5) is 13.2 Å². The van der Waals surface area contributed by atoms with Crippen LogP contribution in [0.25, 0.3) is 0 Å². The molecule has 76 valence electrons. The maximum absolute atomic E-state index is 13.0. The van der Waals surface area contributed by atoms with Gasteiger partial charge in [0.15, 0.2) is 5.82 Å². The number of rotatable bonds is 2. The lowest BCUT2D eigenvalue weighted by atomic mass is 10.2. The lowest BCUT2D eigenvalue weighted by Crippen LogP contribution is -2.18. The number of alkyl halides is 2. The van der Waals surface area contributed by atoms with Crippen LogP contribution >= 0.6 is 0 Å². The number of H-pyrrole nitrogens is 1. The Morgan fingerprint density at radius 1 is 1.50 bits per heavy atom. The fourth-order valence-corrected chi connectivity index (χ4v) is 0.874. The zero-order valence-corrected chi connectivity index (χ0v) is 6.55. The van der Waals surface area contributed by atoms with Gasteiger partial charge < -0.3 is 10.1 Å². The summed E-state index contributed by atoms with van der Waals surface area (Å²) in [5, 5.41) is 8.36. The van der Waals surface area contributed by atoms with Crippen molar-refractivity contribution < 1.29 is 23.1 Å². The normalized spacial score (nSPS) is 10.6. The minimum absolute atomic E-state index is 0.534. The van der Waals surface area contributed by atoms with E-state index in [1.807, 2.05) is 0 Å². The molecule has 0 fully saturated rings. The Morgan fingerprint density at radius 3 is 2.50 bits per heavy atom. The molecule has 0 unspecified atom stereocenters. The summed E-state index contributed by atoms with van der Waals surface area (Å²) in [7, 11) is 0. The van der Waals surface area contributed by atoms with Crippen LogP contribution in [-0.4, -0.2) is 16.1 Å². The Labute approximate surface area is 75.0 Å². The van der Waals surface area contributed by atoms with Gasteiger partial charge in [0.2, 0.25) is 0 Å². The molecule has 1 rings (SSSR count). The summed E-state index contributed by atoms with van der Waals surface area (Å²) in [5.74, 6) is -3.42. The first-order valence-electron chi connectivity index (χ1n) is 3.37. The number of carboxylic acid groups (broad SMARTS) is 1. The van der Waals surface area contributed by atoms with E-state index in [0.717, 1.165) is 0 Å². The molecule has 0 aliphatic rings. The first kappa shape index (κ1) is 10.3. The summed E-state index contributed by atoms with van der Waals surface area (Å²) >= 11 is 0. The van der Waals surface area contributed by atoms with E-state index in [4.69, 9.17) is 5.11 Å². The third-order valence-electron chi connectivity index (χ3n) is 1.51. The fraction of sp³-hybridized carbons (Fsp3) is 0.143. The standard InChI is InChI=1S/C7H4F3NO3/c8-4-2(7(13)14)1-11-6(12)3(4)5(9)10/h1,5H,(H,11,12)(H,13,14). The van der Waals surface area contributed by atoms with E-state index in [1.165, 1.54) is 0 Å². The number of halogens is 3. The van der Waals surface area contributed by atoms with Gasteiger partial charge in [0.25, 0.3) is 12.0 Å². The zero-order chi connectivity index (χ0) is 10.9. The number of hydrogen-bond acceptors (Lipinski definition) is 2. The van der Waals surface area contributed by atoms with Crippen LogP contribution in [0.5, 0.6) is 0 Å². The third kappa shape index (κ3) is 1.61. The topological polar surface area (TPSA) is 70.2 Å². The Hall–Kier alpha value is -1.79. The smallest absolute Gasteiger partial charge is 0.340 e. The molecule has 0 bridgehead atoms. The molecule has 0 radical (unpaired) electrons. The Bertz CT molecular complexity index is 427. The van der Waals surface area contributed by atoms with E-state index in [0.29, 0.717) is 6.20 Å². The molecule has 0 aliphatic heterocycles. The van der Waals surface area contributed by atoms with Gasteiger partial charge in [-0.1, -0.05) is 0 Å². The first-order valence-corrected chi connectivity index (χ1v) is 3.37. The molecule has 0 amide bonds. The predicted octanol–water partition coefficient (Wildman–Crippen LogP) is 1.15. The van der Waals surface area contributed by atoms with Crippen LogP contribution in [-0.2, 0) is 0 Å². The third-order valence-corrected chi connectivity index (χ3v) is 1.51. The SMILES string of the molecule is O=C(O)c1c[nH]c(=O)c(C(F)F)c1F. The van der Waals surface area contributed by atoms with E-state index in [-0.39, 0.29) is 0 Å². The highest BCUT2D eigenvalue weighted by Crippen LogP contribution is 2.19. The van der Waals surface area contributed by atoms with Gasteiger partial charge in [0.1, 0.15) is 11.1 Å². The van der Waals surface area contributed by atoms with Gasteiger partial charge in [0, 0.05) is 6.20 Å². The quantitative estimate of drug-likeness (QED) is 0.764. The van der Waals surface area contributed by atoms with Crippen LogP contribution in [0, 0.1) is 5.82 Å². The fourth-order valence-electron chi connectivity index (χ4n) is 0.874. The second kappa shape index (κ2) is 3.52. The lowest BCUT2D eigenvalue weighted by molar-refractivity contribution is 0.0689. The number of nitrogens with one attached hydrogen (secondary N) is 1. The summed E-state index contributed by atoms with van der Waals surface area (Å²) in [6.07, 6.45) is -2.82. The number of pyridine rings is 1. The summed E-state index contributed by atoms with van der Waals surface area (Å²) < 4.78 is 37.1. The predicted molar refractivity (Wildman–Crippen MR) is 38.9 cm³/mol.